The maximum absolute atomic E-state index is 14.5. The number of carbonyl (C=O) groups is 1. The summed E-state index contributed by atoms with van der Waals surface area (Å²) in [5, 5.41) is 5.34. The number of hydrogen-bond acceptors (Lipinski definition) is 5. The van der Waals surface area contributed by atoms with E-state index in [9.17, 15) is 31.1 Å². The molecular formula is C17H14ClF6N5O2. The molecular weight excluding hydrogens is 456 g/mol. The molecule has 1 atom stereocenters. The smallest absolute Gasteiger partial charge is 0.408 e. The number of amides is 1. The normalized spacial score (nSPS) is 20.7. The number of nitrogens with zero attached hydrogens (tertiary/aromatic N) is 3. The standard InChI is InChI=1S/C17H14ClF6N5O2/c1-15(16(20,21)7-31-14(25)27-15)9-4-8(2-3-11(9)19)26-13(30)12-10(18)5-29(28-12)6-17(22,23)24/h2-5H,6-7H2,1H3,(H2,25,27)(H,26,30). The Bertz CT molecular complexity index is 1050. The number of aliphatic imine (C=N–C) groups is 1. The highest BCUT2D eigenvalue weighted by molar-refractivity contribution is 6.34. The van der Waals surface area contributed by atoms with E-state index in [0.717, 1.165) is 31.3 Å². The van der Waals surface area contributed by atoms with Gasteiger partial charge in [-0.3, -0.25) is 9.48 Å². The maximum atomic E-state index is 14.5. The van der Waals surface area contributed by atoms with Gasteiger partial charge in [0.15, 0.2) is 17.8 Å². The van der Waals surface area contributed by atoms with Crippen LogP contribution in [0.5, 0.6) is 0 Å². The Morgan fingerprint density at radius 2 is 2.06 bits per heavy atom. The summed E-state index contributed by atoms with van der Waals surface area (Å²) < 4.78 is 85.8. The van der Waals surface area contributed by atoms with Crippen LogP contribution < -0.4 is 11.1 Å². The molecule has 2 heterocycles. The van der Waals surface area contributed by atoms with Gasteiger partial charge >= 0.3 is 12.1 Å². The number of amidine groups is 1. The molecule has 0 radical (unpaired) electrons. The lowest BCUT2D eigenvalue weighted by Gasteiger charge is -2.37. The molecule has 0 fully saturated rings. The Hall–Kier alpha value is -2.96. The molecule has 2 aromatic rings. The minimum absolute atomic E-state index is 0.153. The number of alkyl halides is 5. The predicted octanol–water partition coefficient (Wildman–Crippen LogP) is 3.69. The van der Waals surface area contributed by atoms with E-state index in [-0.39, 0.29) is 10.7 Å². The lowest BCUT2D eigenvalue weighted by Crippen LogP contribution is -2.51. The number of benzene rings is 1. The van der Waals surface area contributed by atoms with Crippen LogP contribution in [0.25, 0.3) is 0 Å². The molecule has 1 aromatic carbocycles. The molecule has 168 valence electrons. The number of halogens is 7. The van der Waals surface area contributed by atoms with E-state index in [1.165, 1.54) is 0 Å². The zero-order chi connectivity index (χ0) is 23.2. The highest BCUT2D eigenvalue weighted by Crippen LogP contribution is 2.44. The number of ether oxygens (including phenoxy) is 1. The number of nitrogens with one attached hydrogen (secondary N) is 1. The first-order valence-corrected chi connectivity index (χ1v) is 8.87. The third kappa shape index (κ3) is 4.55. The van der Waals surface area contributed by atoms with Gasteiger partial charge in [-0.15, -0.1) is 0 Å². The van der Waals surface area contributed by atoms with Crippen molar-refractivity contribution in [3.63, 3.8) is 0 Å². The second-order valence-corrected chi connectivity index (χ2v) is 7.21. The average molecular weight is 470 g/mol. The molecule has 0 aliphatic carbocycles. The third-order valence-electron chi connectivity index (χ3n) is 4.47. The summed E-state index contributed by atoms with van der Waals surface area (Å²) in [6, 6.07) is 2.22. The molecule has 7 nitrogen and oxygen atoms in total. The molecule has 0 bridgehead atoms. The van der Waals surface area contributed by atoms with Crippen LogP contribution in [0.1, 0.15) is 23.0 Å². The number of anilines is 1. The van der Waals surface area contributed by atoms with E-state index >= 15 is 0 Å². The summed E-state index contributed by atoms with van der Waals surface area (Å²) in [6.07, 6.45) is -3.79. The molecule has 14 heteroatoms. The molecule has 1 aromatic heterocycles. The third-order valence-corrected chi connectivity index (χ3v) is 4.75. The molecule has 1 unspecified atom stereocenters. The SMILES string of the molecule is CC1(c2cc(NC(=O)c3nn(CC(F)(F)F)cc3Cl)ccc2F)N=C(N)OCC1(F)F. The predicted molar refractivity (Wildman–Crippen MR) is 97.5 cm³/mol. The van der Waals surface area contributed by atoms with Crippen molar-refractivity contribution in [2.24, 2.45) is 10.7 Å². The molecule has 1 aliphatic heterocycles. The zero-order valence-electron chi connectivity index (χ0n) is 15.6. The van der Waals surface area contributed by atoms with Gasteiger partial charge in [-0.2, -0.15) is 27.1 Å². The van der Waals surface area contributed by atoms with Crippen LogP contribution in [0.3, 0.4) is 0 Å². The molecule has 3 N–H and O–H groups in total. The van der Waals surface area contributed by atoms with E-state index in [2.05, 4.69) is 20.1 Å². The maximum Gasteiger partial charge on any atom is 0.408 e. The van der Waals surface area contributed by atoms with E-state index in [1.807, 2.05) is 0 Å². The van der Waals surface area contributed by atoms with Gasteiger partial charge < -0.3 is 15.8 Å². The molecule has 31 heavy (non-hydrogen) atoms. The number of aromatic nitrogens is 2. The van der Waals surface area contributed by atoms with Crippen molar-refractivity contribution in [1.82, 2.24) is 9.78 Å². The van der Waals surface area contributed by atoms with Gasteiger partial charge in [0.1, 0.15) is 12.4 Å². The number of carbonyl (C=O) groups excluding carboxylic acids is 1. The highest BCUT2D eigenvalue weighted by atomic mass is 35.5. The van der Waals surface area contributed by atoms with Gasteiger partial charge in [0.2, 0.25) is 0 Å². The Labute approximate surface area is 175 Å². The van der Waals surface area contributed by atoms with Gasteiger partial charge in [0.25, 0.3) is 11.9 Å². The topological polar surface area (TPSA) is 94.5 Å². The van der Waals surface area contributed by atoms with Gasteiger partial charge in [0, 0.05) is 17.4 Å². The minimum Gasteiger partial charge on any atom is -0.459 e. The first-order valence-electron chi connectivity index (χ1n) is 8.49. The van der Waals surface area contributed by atoms with E-state index in [1.54, 1.807) is 0 Å². The monoisotopic (exact) mass is 469 g/mol. The van der Waals surface area contributed by atoms with Crippen LogP contribution in [-0.2, 0) is 16.8 Å². The highest BCUT2D eigenvalue weighted by Gasteiger charge is 2.56. The van der Waals surface area contributed by atoms with Gasteiger partial charge in [-0.1, -0.05) is 11.6 Å². The van der Waals surface area contributed by atoms with E-state index in [4.69, 9.17) is 17.3 Å². The van der Waals surface area contributed by atoms with Crippen LogP contribution in [0, 0.1) is 5.82 Å². The van der Waals surface area contributed by atoms with Crippen LogP contribution in [0.15, 0.2) is 29.4 Å². The number of hydrogen-bond donors (Lipinski definition) is 2. The fourth-order valence-corrected chi connectivity index (χ4v) is 3.12. The van der Waals surface area contributed by atoms with Gasteiger partial charge in [-0.05, 0) is 25.1 Å². The van der Waals surface area contributed by atoms with Crippen molar-refractivity contribution < 1.29 is 35.9 Å². The number of nitrogens with two attached hydrogens (primary N) is 1. The fraction of sp³-hybridized carbons (Fsp3) is 0.353. The van der Waals surface area contributed by atoms with Crippen molar-refractivity contribution in [2.75, 3.05) is 11.9 Å². The summed E-state index contributed by atoms with van der Waals surface area (Å²) in [4.78, 5) is 15.9. The molecule has 0 saturated heterocycles. The number of rotatable bonds is 4. The minimum atomic E-state index is -4.60. The second-order valence-electron chi connectivity index (χ2n) is 6.80. The lowest BCUT2D eigenvalue weighted by molar-refractivity contribution is -0.142. The zero-order valence-corrected chi connectivity index (χ0v) is 16.4. The van der Waals surface area contributed by atoms with Crippen molar-refractivity contribution >= 4 is 29.2 Å². The summed E-state index contributed by atoms with van der Waals surface area (Å²) in [7, 11) is 0. The summed E-state index contributed by atoms with van der Waals surface area (Å²) in [5.41, 5.74) is 1.65. The van der Waals surface area contributed by atoms with Crippen molar-refractivity contribution in [1.29, 1.82) is 0 Å². The Kier molecular flexibility index (Phi) is 5.59. The molecule has 1 aliphatic rings. The van der Waals surface area contributed by atoms with Crippen molar-refractivity contribution in [3.8, 4) is 0 Å². The van der Waals surface area contributed by atoms with Crippen molar-refractivity contribution in [2.45, 2.75) is 31.1 Å². The van der Waals surface area contributed by atoms with Crippen LogP contribution in [-0.4, -0.2) is 40.4 Å². The molecule has 1 amide bonds. The van der Waals surface area contributed by atoms with Crippen molar-refractivity contribution in [3.05, 3.63) is 46.5 Å². The average Bonchev–Trinajstić information content (AvgIpc) is 2.98. The molecule has 0 spiro atoms. The van der Waals surface area contributed by atoms with Crippen LogP contribution in [0.4, 0.5) is 32.0 Å². The quantitative estimate of drug-likeness (QED) is 0.668. The second kappa shape index (κ2) is 7.62. The first-order chi connectivity index (χ1) is 14.2. The van der Waals surface area contributed by atoms with Gasteiger partial charge in [0.05, 0.1) is 5.02 Å². The molecule has 0 saturated carbocycles. The first kappa shape index (κ1) is 22.7. The largest absolute Gasteiger partial charge is 0.459 e. The van der Waals surface area contributed by atoms with E-state index in [0.29, 0.717) is 4.68 Å². The summed E-state index contributed by atoms with van der Waals surface area (Å²) in [5.74, 6) is -5.72. The Morgan fingerprint density at radius 1 is 1.39 bits per heavy atom. The molecule has 3 rings (SSSR count). The van der Waals surface area contributed by atoms with E-state index < -0.39 is 59.8 Å². The summed E-state index contributed by atoms with van der Waals surface area (Å²) in [6.45, 7) is -1.67. The van der Waals surface area contributed by atoms with Crippen LogP contribution in [0.2, 0.25) is 5.02 Å². The van der Waals surface area contributed by atoms with Crippen LogP contribution >= 0.6 is 11.6 Å². The fourth-order valence-electron chi connectivity index (χ4n) is 2.88. The Balaban J connectivity index is 1.91. The Morgan fingerprint density at radius 3 is 2.71 bits per heavy atom. The van der Waals surface area contributed by atoms with Gasteiger partial charge in [-0.25, -0.2) is 9.38 Å². The lowest BCUT2D eigenvalue weighted by atomic mass is 9.85. The summed E-state index contributed by atoms with van der Waals surface area (Å²) >= 11 is 5.77.